The molecule has 0 fully saturated rings. The number of Topliss-reactive ketones (excluding diaryl/α,β-unsaturated/α-hetero) is 2. The summed E-state index contributed by atoms with van der Waals surface area (Å²) < 4.78 is 0. The van der Waals surface area contributed by atoms with Gasteiger partial charge in [-0.1, -0.05) is 27.7 Å². The molecule has 0 saturated heterocycles. The van der Waals surface area contributed by atoms with Gasteiger partial charge in [-0.15, -0.1) is 0 Å². The van der Waals surface area contributed by atoms with Gasteiger partial charge in [-0.3, -0.25) is 9.59 Å². The molecule has 0 aromatic carbocycles. The number of hydrogen-bond donors (Lipinski definition) is 1. The highest BCUT2D eigenvalue weighted by atomic mass is 16.1. The second-order valence-electron chi connectivity index (χ2n) is 3.39. The Hall–Kier alpha value is -0.700. The van der Waals surface area contributed by atoms with Crippen molar-refractivity contribution in [1.29, 1.82) is 0 Å². The zero-order chi connectivity index (χ0) is 11.7. The lowest BCUT2D eigenvalue weighted by atomic mass is 10.1. The molecule has 0 aliphatic heterocycles. The Kier molecular flexibility index (Phi) is 9.99. The molecule has 1 atom stereocenters. The van der Waals surface area contributed by atoms with E-state index in [1.54, 1.807) is 0 Å². The van der Waals surface area contributed by atoms with Crippen LogP contribution < -0.4 is 5.32 Å². The van der Waals surface area contributed by atoms with Gasteiger partial charge in [-0.2, -0.15) is 0 Å². The molecule has 0 saturated carbocycles. The molecule has 0 radical (unpaired) electrons. The molecule has 14 heavy (non-hydrogen) atoms. The fraction of sp³-hybridized carbons (Fsp3) is 0.818. The van der Waals surface area contributed by atoms with Gasteiger partial charge in [0.05, 0.1) is 6.04 Å². The Morgan fingerprint density at radius 1 is 1.14 bits per heavy atom. The van der Waals surface area contributed by atoms with Crippen LogP contribution >= 0.6 is 0 Å². The zero-order valence-electron chi connectivity index (χ0n) is 10.2. The van der Waals surface area contributed by atoms with Crippen LogP contribution in [0.1, 0.15) is 48.0 Å². The second kappa shape index (κ2) is 8.88. The molecule has 1 N–H and O–H groups in total. The number of carbonyl (C=O) groups excluding carboxylic acids is 2. The molecular formula is C11H23NO2. The molecular weight excluding hydrogens is 178 g/mol. The molecule has 0 spiro atoms. The molecule has 3 nitrogen and oxygen atoms in total. The Bertz CT molecular complexity index is 176. The first-order valence-corrected chi connectivity index (χ1v) is 5.19. The average molecular weight is 201 g/mol. The summed E-state index contributed by atoms with van der Waals surface area (Å²) in [5.41, 5.74) is 0. The first-order chi connectivity index (χ1) is 6.43. The maximum Gasteiger partial charge on any atom is 0.147 e. The van der Waals surface area contributed by atoms with Gasteiger partial charge in [-0.25, -0.2) is 0 Å². The minimum absolute atomic E-state index is 0.0268. The highest BCUT2D eigenvalue weighted by Gasteiger charge is 2.16. The van der Waals surface area contributed by atoms with Gasteiger partial charge in [0.1, 0.15) is 11.6 Å². The highest BCUT2D eigenvalue weighted by Crippen LogP contribution is 1.96. The molecule has 0 rings (SSSR count). The summed E-state index contributed by atoms with van der Waals surface area (Å²) in [4.78, 5) is 21.7. The van der Waals surface area contributed by atoms with Crippen LogP contribution in [0.15, 0.2) is 0 Å². The van der Waals surface area contributed by atoms with Crippen LogP contribution in [0.5, 0.6) is 0 Å². The third-order valence-electron chi connectivity index (χ3n) is 1.52. The summed E-state index contributed by atoms with van der Waals surface area (Å²) in [7, 11) is 0. The smallest absolute Gasteiger partial charge is 0.147 e. The van der Waals surface area contributed by atoms with Crippen molar-refractivity contribution in [3.63, 3.8) is 0 Å². The molecule has 3 heteroatoms. The minimum Gasteiger partial charge on any atom is -0.305 e. The molecule has 84 valence electrons. The molecule has 0 aromatic rings. The summed E-state index contributed by atoms with van der Waals surface area (Å²) >= 11 is 0. The Morgan fingerprint density at radius 2 is 1.57 bits per heavy atom. The summed E-state index contributed by atoms with van der Waals surface area (Å²) in [6.45, 7) is 10.9. The summed E-state index contributed by atoms with van der Waals surface area (Å²) in [5, 5.41) is 3.04. The van der Waals surface area contributed by atoms with Gasteiger partial charge >= 0.3 is 0 Å². The van der Waals surface area contributed by atoms with E-state index < -0.39 is 0 Å². The van der Waals surface area contributed by atoms with Crippen LogP contribution in [0, 0.1) is 0 Å². The standard InChI is InChI=1S/C9H17NO2.C2H6/c1-6(2)10-9(8(4)12)5-7(3)11;1-2/h6,9-10H,5H2,1-4H3;1-2H3. The van der Waals surface area contributed by atoms with Gasteiger partial charge in [0.15, 0.2) is 0 Å². The molecule has 0 heterocycles. The minimum atomic E-state index is -0.303. The van der Waals surface area contributed by atoms with E-state index in [9.17, 15) is 9.59 Å². The second-order valence-corrected chi connectivity index (χ2v) is 3.39. The molecule has 0 aliphatic rings. The van der Waals surface area contributed by atoms with Gasteiger partial charge in [-0.05, 0) is 13.8 Å². The number of rotatable bonds is 5. The van der Waals surface area contributed by atoms with E-state index in [2.05, 4.69) is 5.32 Å². The fourth-order valence-corrected chi connectivity index (χ4v) is 1.01. The van der Waals surface area contributed by atoms with Gasteiger partial charge in [0.25, 0.3) is 0 Å². The number of nitrogens with one attached hydrogen (secondary N) is 1. The molecule has 0 aliphatic carbocycles. The van der Waals surface area contributed by atoms with E-state index in [-0.39, 0.29) is 23.7 Å². The first kappa shape index (κ1) is 15.8. The number of hydrogen-bond acceptors (Lipinski definition) is 3. The van der Waals surface area contributed by atoms with Crippen LogP contribution in [0.4, 0.5) is 0 Å². The third kappa shape index (κ3) is 9.39. The topological polar surface area (TPSA) is 46.2 Å². The van der Waals surface area contributed by atoms with E-state index >= 15 is 0 Å². The monoisotopic (exact) mass is 201 g/mol. The molecule has 0 bridgehead atoms. The van der Waals surface area contributed by atoms with Crippen molar-refractivity contribution < 1.29 is 9.59 Å². The number of ketones is 2. The van der Waals surface area contributed by atoms with E-state index in [4.69, 9.17) is 0 Å². The van der Waals surface area contributed by atoms with Gasteiger partial charge < -0.3 is 5.32 Å². The van der Waals surface area contributed by atoms with Gasteiger partial charge in [0, 0.05) is 12.5 Å². The van der Waals surface area contributed by atoms with E-state index in [0.717, 1.165) is 0 Å². The highest BCUT2D eigenvalue weighted by molar-refractivity contribution is 5.88. The van der Waals surface area contributed by atoms with Crippen LogP contribution in [0.2, 0.25) is 0 Å². The lowest BCUT2D eigenvalue weighted by Gasteiger charge is -2.16. The summed E-state index contributed by atoms with van der Waals surface area (Å²) in [6, 6.07) is -0.0688. The van der Waals surface area contributed by atoms with Crippen LogP contribution in [-0.4, -0.2) is 23.7 Å². The van der Waals surface area contributed by atoms with E-state index in [1.807, 2.05) is 27.7 Å². The lowest BCUT2D eigenvalue weighted by molar-refractivity contribution is -0.124. The van der Waals surface area contributed by atoms with Gasteiger partial charge in [0.2, 0.25) is 0 Å². The molecule has 1 unspecified atom stereocenters. The van der Waals surface area contributed by atoms with E-state index in [0.29, 0.717) is 6.42 Å². The van der Waals surface area contributed by atoms with Crippen LogP contribution in [0.25, 0.3) is 0 Å². The van der Waals surface area contributed by atoms with Crippen LogP contribution in [-0.2, 0) is 9.59 Å². The Balaban J connectivity index is 0. The Morgan fingerprint density at radius 3 is 1.79 bits per heavy atom. The predicted molar refractivity (Wildman–Crippen MR) is 59.4 cm³/mol. The van der Waals surface area contributed by atoms with Crippen molar-refractivity contribution in [1.82, 2.24) is 5.32 Å². The predicted octanol–water partition coefficient (Wildman–Crippen LogP) is 1.95. The SMILES string of the molecule is CC.CC(=O)CC(NC(C)C)C(C)=O. The Labute approximate surface area is 87.3 Å². The zero-order valence-corrected chi connectivity index (χ0v) is 10.2. The maximum absolute atomic E-state index is 11.0. The average Bonchev–Trinajstić information content (AvgIpc) is 2.05. The van der Waals surface area contributed by atoms with Crippen molar-refractivity contribution in [3.8, 4) is 0 Å². The molecule has 0 aromatic heterocycles. The maximum atomic E-state index is 11.0. The lowest BCUT2D eigenvalue weighted by Crippen LogP contribution is -2.40. The van der Waals surface area contributed by atoms with Crippen molar-refractivity contribution in [2.24, 2.45) is 0 Å². The van der Waals surface area contributed by atoms with Crippen molar-refractivity contribution in [2.45, 2.75) is 60.0 Å². The third-order valence-corrected chi connectivity index (χ3v) is 1.52. The normalized spacial score (nSPS) is 11.6. The summed E-state index contributed by atoms with van der Waals surface area (Å²) in [6.07, 6.45) is 0.299. The number of carbonyl (C=O) groups is 2. The largest absolute Gasteiger partial charge is 0.305 e. The quantitative estimate of drug-likeness (QED) is 0.739. The van der Waals surface area contributed by atoms with Crippen LogP contribution in [0.3, 0.4) is 0 Å². The van der Waals surface area contributed by atoms with Crippen molar-refractivity contribution >= 4 is 11.6 Å². The van der Waals surface area contributed by atoms with Crippen molar-refractivity contribution in [2.75, 3.05) is 0 Å². The molecule has 0 amide bonds. The fourth-order valence-electron chi connectivity index (χ4n) is 1.01. The van der Waals surface area contributed by atoms with E-state index in [1.165, 1.54) is 13.8 Å². The summed E-state index contributed by atoms with van der Waals surface area (Å²) in [5.74, 6) is 0.0715. The first-order valence-electron chi connectivity index (χ1n) is 5.19. The van der Waals surface area contributed by atoms with Crippen molar-refractivity contribution in [3.05, 3.63) is 0 Å².